The molecule has 1 aromatic heterocycles. The molecule has 0 bridgehead atoms. The van der Waals surface area contributed by atoms with Gasteiger partial charge in [-0.3, -0.25) is 9.69 Å². The molecule has 0 N–H and O–H groups in total. The minimum Gasteiger partial charge on any atom is -0.376 e. The van der Waals surface area contributed by atoms with E-state index in [1.165, 1.54) is 11.3 Å². The number of nitrogens with zero attached hydrogens (tertiary/aromatic N) is 3. The van der Waals surface area contributed by atoms with Crippen LogP contribution in [0.15, 0.2) is 47.4 Å². The third-order valence-electron chi connectivity index (χ3n) is 7.23. The summed E-state index contributed by atoms with van der Waals surface area (Å²) in [4.78, 5) is 20.3. The lowest BCUT2D eigenvalue weighted by Gasteiger charge is -2.32. The van der Waals surface area contributed by atoms with Gasteiger partial charge in [0.1, 0.15) is 0 Å². The Labute approximate surface area is 227 Å². The molecule has 2 heterocycles. The maximum absolute atomic E-state index is 13.7. The molecular weight excluding hydrogens is 530 g/mol. The number of hydrogen-bond acceptors (Lipinski definition) is 6. The van der Waals surface area contributed by atoms with E-state index in [4.69, 9.17) is 21.3 Å². The van der Waals surface area contributed by atoms with E-state index in [2.05, 4.69) is 0 Å². The van der Waals surface area contributed by atoms with Gasteiger partial charge in [0.15, 0.2) is 5.13 Å². The smallest absolute Gasteiger partial charge is 0.260 e. The number of sulfonamides is 1. The van der Waals surface area contributed by atoms with Crippen LogP contribution in [0.1, 0.15) is 62.2 Å². The highest BCUT2D eigenvalue weighted by molar-refractivity contribution is 7.89. The number of anilines is 1. The minimum absolute atomic E-state index is 0.0412. The second-order valence-corrected chi connectivity index (χ2v) is 13.0. The monoisotopic (exact) mass is 561 g/mol. The van der Waals surface area contributed by atoms with Gasteiger partial charge in [-0.1, -0.05) is 49.1 Å². The third-order valence-corrected chi connectivity index (χ3v) is 10.5. The third kappa shape index (κ3) is 5.71. The Kier molecular flexibility index (Phi) is 8.16. The summed E-state index contributed by atoms with van der Waals surface area (Å²) in [6.07, 6.45) is 6.85. The molecule has 2 aliphatic rings. The van der Waals surface area contributed by atoms with Crippen molar-refractivity contribution in [2.75, 3.05) is 24.6 Å². The lowest BCUT2D eigenvalue weighted by molar-refractivity contribution is 0.0917. The van der Waals surface area contributed by atoms with E-state index in [1.807, 2.05) is 19.1 Å². The van der Waals surface area contributed by atoms with Crippen LogP contribution in [0.4, 0.5) is 5.13 Å². The number of ether oxygens (including phenoxy) is 1. The van der Waals surface area contributed by atoms with E-state index in [1.54, 1.807) is 39.5 Å². The van der Waals surface area contributed by atoms with E-state index in [0.29, 0.717) is 35.4 Å². The normalized spacial score (nSPS) is 19.1. The first-order chi connectivity index (χ1) is 17.9. The molecule has 2 aromatic carbocycles. The summed E-state index contributed by atoms with van der Waals surface area (Å²) in [7, 11) is -3.64. The zero-order chi connectivity index (χ0) is 26.0. The number of aromatic nitrogens is 1. The van der Waals surface area contributed by atoms with E-state index in [-0.39, 0.29) is 22.9 Å². The van der Waals surface area contributed by atoms with Crippen molar-refractivity contribution in [2.45, 2.75) is 68.9 Å². The minimum atomic E-state index is -3.64. The zero-order valence-corrected chi connectivity index (χ0v) is 23.3. The summed E-state index contributed by atoms with van der Waals surface area (Å²) >= 11 is 7.57. The van der Waals surface area contributed by atoms with E-state index in [0.717, 1.165) is 55.2 Å². The number of halogens is 1. The number of benzene rings is 2. The quantitative estimate of drug-likeness (QED) is 0.331. The molecule has 5 rings (SSSR count). The summed E-state index contributed by atoms with van der Waals surface area (Å²) in [5.74, 6) is -0.232. The first-order valence-electron chi connectivity index (χ1n) is 13.0. The van der Waals surface area contributed by atoms with Gasteiger partial charge < -0.3 is 4.74 Å². The number of carbonyl (C=O) groups excluding carboxylic acids is 1. The van der Waals surface area contributed by atoms with Crippen LogP contribution >= 0.6 is 22.9 Å². The number of hydrogen-bond donors (Lipinski definition) is 0. The van der Waals surface area contributed by atoms with Crippen molar-refractivity contribution in [1.82, 2.24) is 9.29 Å². The van der Waals surface area contributed by atoms with Crippen LogP contribution in [0.5, 0.6) is 0 Å². The van der Waals surface area contributed by atoms with Gasteiger partial charge in [-0.15, -0.1) is 0 Å². The van der Waals surface area contributed by atoms with Gasteiger partial charge in [0.05, 0.1) is 27.8 Å². The van der Waals surface area contributed by atoms with Gasteiger partial charge in [-0.25, -0.2) is 13.4 Å². The summed E-state index contributed by atoms with van der Waals surface area (Å²) in [6.45, 7) is 3.39. The summed E-state index contributed by atoms with van der Waals surface area (Å²) in [6, 6.07) is 11.8. The second kappa shape index (κ2) is 11.4. The molecule has 2 fully saturated rings. The Bertz CT molecular complexity index is 1350. The molecule has 1 aliphatic carbocycles. The van der Waals surface area contributed by atoms with Crippen molar-refractivity contribution >= 4 is 54.2 Å². The fourth-order valence-electron chi connectivity index (χ4n) is 5.30. The summed E-state index contributed by atoms with van der Waals surface area (Å²) < 4.78 is 35.2. The predicted molar refractivity (Wildman–Crippen MR) is 148 cm³/mol. The SMILES string of the molecule is CCN(C1CCCCC1)S(=O)(=O)c1ccc(C(=O)N(CC2CCCO2)c2nc3ccc(Cl)cc3s2)cc1. The first kappa shape index (κ1) is 26.6. The van der Waals surface area contributed by atoms with Crippen molar-refractivity contribution in [3.05, 3.63) is 53.1 Å². The van der Waals surface area contributed by atoms with E-state index < -0.39 is 10.0 Å². The fraction of sp³-hybridized carbons (Fsp3) is 0.481. The lowest BCUT2D eigenvalue weighted by Crippen LogP contribution is -2.41. The lowest BCUT2D eigenvalue weighted by atomic mass is 9.95. The van der Waals surface area contributed by atoms with Crippen LogP contribution in [-0.4, -0.2) is 55.5 Å². The molecule has 198 valence electrons. The van der Waals surface area contributed by atoms with Gasteiger partial charge in [0.2, 0.25) is 10.0 Å². The standard InChI is InChI=1S/C27H32ClN3O4S2/c1-2-31(21-7-4-3-5-8-21)37(33,34)23-13-10-19(11-14-23)26(32)30(18-22-9-6-16-35-22)27-29-24-15-12-20(28)17-25(24)36-27/h10-15,17,21-22H,2-9,16,18H2,1H3. The average molecular weight is 562 g/mol. The van der Waals surface area contributed by atoms with Crippen LogP contribution in [0.25, 0.3) is 10.2 Å². The van der Waals surface area contributed by atoms with Crippen molar-refractivity contribution in [1.29, 1.82) is 0 Å². The van der Waals surface area contributed by atoms with Crippen molar-refractivity contribution in [3.63, 3.8) is 0 Å². The van der Waals surface area contributed by atoms with Crippen molar-refractivity contribution in [3.8, 4) is 0 Å². The first-order valence-corrected chi connectivity index (χ1v) is 15.6. The molecule has 1 saturated carbocycles. The topological polar surface area (TPSA) is 79.8 Å². The number of thiazole rings is 1. The van der Waals surface area contributed by atoms with Gasteiger partial charge in [0.25, 0.3) is 5.91 Å². The number of fused-ring (bicyclic) bond motifs is 1. The molecule has 10 heteroatoms. The molecule has 0 spiro atoms. The highest BCUT2D eigenvalue weighted by atomic mass is 35.5. The largest absolute Gasteiger partial charge is 0.376 e. The fourth-order valence-corrected chi connectivity index (χ4v) is 8.24. The highest BCUT2D eigenvalue weighted by Crippen LogP contribution is 2.33. The van der Waals surface area contributed by atoms with Crippen molar-refractivity contribution in [2.24, 2.45) is 0 Å². The molecule has 1 amide bonds. The number of amides is 1. The Balaban J connectivity index is 1.42. The average Bonchev–Trinajstić information content (AvgIpc) is 3.57. The second-order valence-electron chi connectivity index (χ2n) is 9.68. The van der Waals surface area contributed by atoms with Crippen LogP contribution in [0, 0.1) is 0 Å². The molecule has 1 atom stereocenters. The van der Waals surface area contributed by atoms with Crippen molar-refractivity contribution < 1.29 is 17.9 Å². The molecule has 37 heavy (non-hydrogen) atoms. The van der Waals surface area contributed by atoms with Gasteiger partial charge in [0, 0.05) is 29.8 Å². The molecule has 7 nitrogen and oxygen atoms in total. The highest BCUT2D eigenvalue weighted by Gasteiger charge is 2.32. The Hall–Kier alpha value is -2.04. The molecule has 1 unspecified atom stereocenters. The van der Waals surface area contributed by atoms with E-state index in [9.17, 15) is 13.2 Å². The van der Waals surface area contributed by atoms with Gasteiger partial charge >= 0.3 is 0 Å². The van der Waals surface area contributed by atoms with Crippen LogP contribution in [-0.2, 0) is 14.8 Å². The maximum Gasteiger partial charge on any atom is 0.260 e. The van der Waals surface area contributed by atoms with Crippen LogP contribution in [0.2, 0.25) is 5.02 Å². The molecule has 0 radical (unpaired) electrons. The molecule has 1 aliphatic heterocycles. The van der Waals surface area contributed by atoms with Crippen LogP contribution < -0.4 is 4.90 Å². The maximum atomic E-state index is 13.7. The zero-order valence-electron chi connectivity index (χ0n) is 20.9. The Morgan fingerprint density at radius 2 is 1.84 bits per heavy atom. The predicted octanol–water partition coefficient (Wildman–Crippen LogP) is 6.12. The molecule has 1 saturated heterocycles. The molecular formula is C27H32ClN3O4S2. The van der Waals surface area contributed by atoms with Gasteiger partial charge in [-0.2, -0.15) is 4.31 Å². The Morgan fingerprint density at radius 3 is 2.51 bits per heavy atom. The van der Waals surface area contributed by atoms with Gasteiger partial charge in [-0.05, 0) is 68.1 Å². The Morgan fingerprint density at radius 1 is 1.08 bits per heavy atom. The van der Waals surface area contributed by atoms with Crippen LogP contribution in [0.3, 0.4) is 0 Å². The summed E-state index contributed by atoms with van der Waals surface area (Å²) in [5, 5.41) is 1.19. The van der Waals surface area contributed by atoms with E-state index >= 15 is 0 Å². The number of carbonyl (C=O) groups is 1. The summed E-state index contributed by atoms with van der Waals surface area (Å²) in [5.41, 5.74) is 1.19. The molecule has 3 aromatic rings. The number of rotatable bonds is 8.